The number of hydrogen-bond donors (Lipinski definition) is 2. The summed E-state index contributed by atoms with van der Waals surface area (Å²) in [6, 6.07) is -0.0777. The van der Waals surface area contributed by atoms with Crippen molar-refractivity contribution in [3.05, 3.63) is 15.8 Å². The number of nitrogens with one attached hydrogen (secondary N) is 1. The summed E-state index contributed by atoms with van der Waals surface area (Å²) in [5.74, 6) is 0.414. The first-order chi connectivity index (χ1) is 9.72. The van der Waals surface area contributed by atoms with Crippen LogP contribution >= 0.6 is 0 Å². The molecule has 1 rings (SSSR count). The topological polar surface area (TPSA) is 93.2 Å². The van der Waals surface area contributed by atoms with Crippen molar-refractivity contribution >= 4 is 11.5 Å². The van der Waals surface area contributed by atoms with Gasteiger partial charge in [-0.25, -0.2) is 4.68 Å². The fourth-order valence-corrected chi connectivity index (χ4v) is 2.34. The Hall–Kier alpha value is -1.63. The maximum Gasteiger partial charge on any atom is 0.333 e. The van der Waals surface area contributed by atoms with Gasteiger partial charge in [0.05, 0.1) is 4.92 Å². The van der Waals surface area contributed by atoms with Crippen molar-refractivity contribution in [3.8, 4) is 0 Å². The Morgan fingerprint density at radius 3 is 2.52 bits per heavy atom. The molecule has 0 aliphatic heterocycles. The van der Waals surface area contributed by atoms with Gasteiger partial charge in [0.25, 0.3) is 0 Å². The van der Waals surface area contributed by atoms with E-state index in [2.05, 4.69) is 10.4 Å². The number of aryl methyl sites for hydroxylation is 2. The fourth-order valence-electron chi connectivity index (χ4n) is 2.34. The van der Waals surface area contributed by atoms with E-state index in [1.54, 1.807) is 7.05 Å². The molecule has 0 amide bonds. The molecule has 7 nitrogen and oxygen atoms in total. The molecule has 1 unspecified atom stereocenters. The SMILES string of the molecule is CCCc1nn(C)c(NC(CCO)C(C)(C)C)c1[N+](=O)[O-]. The maximum absolute atomic E-state index is 11.4. The Labute approximate surface area is 125 Å². The van der Waals surface area contributed by atoms with E-state index in [0.29, 0.717) is 24.4 Å². The summed E-state index contributed by atoms with van der Waals surface area (Å²) in [6.07, 6.45) is 1.90. The molecule has 1 aromatic rings. The van der Waals surface area contributed by atoms with Crippen LogP contribution in [0.25, 0.3) is 0 Å². The van der Waals surface area contributed by atoms with Gasteiger partial charge in [0.2, 0.25) is 5.82 Å². The number of nitrogens with zero attached hydrogens (tertiary/aromatic N) is 3. The van der Waals surface area contributed by atoms with Crippen LogP contribution in [0.1, 0.15) is 46.2 Å². The lowest BCUT2D eigenvalue weighted by molar-refractivity contribution is -0.384. The molecule has 0 spiro atoms. The van der Waals surface area contributed by atoms with E-state index >= 15 is 0 Å². The predicted octanol–water partition coefficient (Wildman–Crippen LogP) is 2.49. The van der Waals surface area contributed by atoms with Gasteiger partial charge >= 0.3 is 5.69 Å². The van der Waals surface area contributed by atoms with E-state index in [4.69, 9.17) is 0 Å². The van der Waals surface area contributed by atoms with Crippen molar-refractivity contribution in [2.45, 2.75) is 53.0 Å². The first-order valence-electron chi connectivity index (χ1n) is 7.30. The van der Waals surface area contributed by atoms with E-state index in [1.165, 1.54) is 4.68 Å². The first-order valence-corrected chi connectivity index (χ1v) is 7.30. The zero-order valence-corrected chi connectivity index (χ0v) is 13.5. The molecule has 0 radical (unpaired) electrons. The first kappa shape index (κ1) is 17.4. The molecule has 120 valence electrons. The third-order valence-electron chi connectivity index (χ3n) is 3.54. The number of aromatic nitrogens is 2. The molecule has 1 heterocycles. The van der Waals surface area contributed by atoms with Crippen LogP contribution in [0.4, 0.5) is 11.5 Å². The highest BCUT2D eigenvalue weighted by molar-refractivity contribution is 5.60. The number of hydrogen-bond acceptors (Lipinski definition) is 5. The summed E-state index contributed by atoms with van der Waals surface area (Å²) < 4.78 is 1.53. The number of rotatable bonds is 7. The van der Waals surface area contributed by atoms with Crippen LogP contribution in [0.15, 0.2) is 0 Å². The minimum absolute atomic E-state index is 0.0302. The van der Waals surface area contributed by atoms with Gasteiger partial charge in [-0.05, 0) is 18.3 Å². The van der Waals surface area contributed by atoms with Crippen LogP contribution in [-0.4, -0.2) is 32.5 Å². The molecule has 1 aromatic heterocycles. The van der Waals surface area contributed by atoms with Crippen molar-refractivity contribution in [2.75, 3.05) is 11.9 Å². The molecule has 0 saturated carbocycles. The summed E-state index contributed by atoms with van der Waals surface area (Å²) in [7, 11) is 1.70. The Bertz CT molecular complexity index is 491. The third kappa shape index (κ3) is 4.17. The highest BCUT2D eigenvalue weighted by Gasteiger charge is 2.31. The third-order valence-corrected chi connectivity index (χ3v) is 3.54. The maximum atomic E-state index is 11.4. The van der Waals surface area contributed by atoms with Gasteiger partial charge in [0.15, 0.2) is 0 Å². The number of aliphatic hydroxyl groups is 1. The quantitative estimate of drug-likeness (QED) is 0.596. The predicted molar refractivity (Wildman–Crippen MR) is 82.4 cm³/mol. The molecular formula is C14H26N4O3. The van der Waals surface area contributed by atoms with Crippen molar-refractivity contribution < 1.29 is 10.0 Å². The molecule has 0 bridgehead atoms. The molecule has 0 fully saturated rings. The van der Waals surface area contributed by atoms with Gasteiger partial charge < -0.3 is 10.4 Å². The number of nitro groups is 1. The lowest BCUT2D eigenvalue weighted by Gasteiger charge is -2.31. The van der Waals surface area contributed by atoms with Crippen LogP contribution in [0, 0.1) is 15.5 Å². The lowest BCUT2D eigenvalue weighted by atomic mass is 9.85. The fraction of sp³-hybridized carbons (Fsp3) is 0.786. The van der Waals surface area contributed by atoms with E-state index in [0.717, 1.165) is 6.42 Å². The van der Waals surface area contributed by atoms with Crippen LogP contribution in [-0.2, 0) is 13.5 Å². The van der Waals surface area contributed by atoms with E-state index < -0.39 is 0 Å². The Balaban J connectivity index is 3.19. The Morgan fingerprint density at radius 1 is 1.48 bits per heavy atom. The summed E-state index contributed by atoms with van der Waals surface area (Å²) in [5, 5.41) is 28.1. The largest absolute Gasteiger partial charge is 0.396 e. The van der Waals surface area contributed by atoms with Crippen molar-refractivity contribution in [3.63, 3.8) is 0 Å². The molecule has 0 aliphatic rings. The molecule has 0 aliphatic carbocycles. The van der Waals surface area contributed by atoms with Crippen LogP contribution < -0.4 is 5.32 Å². The standard InChI is InChI=1S/C14H26N4O3/c1-6-7-10-12(18(20)21)13(17(5)16-10)15-11(8-9-19)14(2,3)4/h11,15,19H,6-9H2,1-5H3. The van der Waals surface area contributed by atoms with Crippen molar-refractivity contribution in [1.82, 2.24) is 9.78 Å². The molecule has 0 saturated heterocycles. The smallest absolute Gasteiger partial charge is 0.333 e. The lowest BCUT2D eigenvalue weighted by Crippen LogP contribution is -2.35. The average molecular weight is 298 g/mol. The second-order valence-electron chi connectivity index (χ2n) is 6.35. The van der Waals surface area contributed by atoms with Gasteiger partial charge in [-0.3, -0.25) is 10.1 Å². The monoisotopic (exact) mass is 298 g/mol. The van der Waals surface area contributed by atoms with Gasteiger partial charge in [-0.2, -0.15) is 5.10 Å². The highest BCUT2D eigenvalue weighted by atomic mass is 16.6. The van der Waals surface area contributed by atoms with Crippen LogP contribution in [0.3, 0.4) is 0 Å². The molecular weight excluding hydrogens is 272 g/mol. The van der Waals surface area contributed by atoms with Crippen LogP contribution in [0.5, 0.6) is 0 Å². The second kappa shape index (κ2) is 6.89. The molecule has 1 atom stereocenters. The van der Waals surface area contributed by atoms with Crippen LogP contribution in [0.2, 0.25) is 0 Å². The molecule has 0 aromatic carbocycles. The average Bonchev–Trinajstić information content (AvgIpc) is 2.64. The normalized spacial score (nSPS) is 13.2. The van der Waals surface area contributed by atoms with E-state index in [-0.39, 0.29) is 28.7 Å². The second-order valence-corrected chi connectivity index (χ2v) is 6.35. The van der Waals surface area contributed by atoms with Crippen molar-refractivity contribution in [1.29, 1.82) is 0 Å². The van der Waals surface area contributed by atoms with Crippen molar-refractivity contribution in [2.24, 2.45) is 12.5 Å². The van der Waals surface area contributed by atoms with E-state index in [1.807, 2.05) is 27.7 Å². The molecule has 2 N–H and O–H groups in total. The zero-order valence-electron chi connectivity index (χ0n) is 13.5. The van der Waals surface area contributed by atoms with Gasteiger partial charge in [-0.15, -0.1) is 0 Å². The zero-order chi connectivity index (χ0) is 16.2. The van der Waals surface area contributed by atoms with E-state index in [9.17, 15) is 15.2 Å². The molecule has 7 heteroatoms. The highest BCUT2D eigenvalue weighted by Crippen LogP contribution is 2.33. The summed E-state index contributed by atoms with van der Waals surface area (Å²) in [6.45, 7) is 8.11. The number of anilines is 1. The molecule has 21 heavy (non-hydrogen) atoms. The van der Waals surface area contributed by atoms with Gasteiger partial charge in [-0.1, -0.05) is 34.1 Å². The Kier molecular flexibility index (Phi) is 5.71. The van der Waals surface area contributed by atoms with Gasteiger partial charge in [0, 0.05) is 19.7 Å². The number of aliphatic hydroxyl groups excluding tert-OH is 1. The summed E-state index contributed by atoms with van der Waals surface area (Å²) >= 11 is 0. The minimum Gasteiger partial charge on any atom is -0.396 e. The summed E-state index contributed by atoms with van der Waals surface area (Å²) in [5.41, 5.74) is 0.418. The summed E-state index contributed by atoms with van der Waals surface area (Å²) in [4.78, 5) is 11.0. The minimum atomic E-state index is -0.376. The Morgan fingerprint density at radius 2 is 2.10 bits per heavy atom. The van der Waals surface area contributed by atoms with Gasteiger partial charge in [0.1, 0.15) is 5.69 Å².